The van der Waals surface area contributed by atoms with Crippen LogP contribution in [0.2, 0.25) is 0 Å². The van der Waals surface area contributed by atoms with Gasteiger partial charge in [-0.15, -0.1) is 0 Å². The van der Waals surface area contributed by atoms with Crippen LogP contribution in [-0.4, -0.2) is 32.1 Å². The minimum Gasteiger partial charge on any atom is -0.385 e. The molecule has 1 fully saturated rings. The van der Waals surface area contributed by atoms with E-state index in [2.05, 4.69) is 10.6 Å². The predicted octanol–water partition coefficient (Wildman–Crippen LogP) is 1.24. The summed E-state index contributed by atoms with van der Waals surface area (Å²) in [5, 5.41) is 5.68. The van der Waals surface area contributed by atoms with E-state index >= 15 is 0 Å². The maximum Gasteiger partial charge on any atom is 0.235 e. The van der Waals surface area contributed by atoms with Crippen LogP contribution in [0.25, 0.3) is 0 Å². The van der Waals surface area contributed by atoms with E-state index in [0.29, 0.717) is 32.5 Å². The first kappa shape index (κ1) is 15.5. The largest absolute Gasteiger partial charge is 0.385 e. The van der Waals surface area contributed by atoms with Crippen molar-refractivity contribution in [1.29, 1.82) is 0 Å². The summed E-state index contributed by atoms with van der Waals surface area (Å²) < 4.78 is 4.93. The maximum atomic E-state index is 12.2. The Hall–Kier alpha value is -1.88. The second kappa shape index (κ2) is 7.22. The molecule has 0 heterocycles. The van der Waals surface area contributed by atoms with Crippen LogP contribution in [-0.2, 0) is 20.9 Å². The third-order valence-corrected chi connectivity index (χ3v) is 3.73. The van der Waals surface area contributed by atoms with Gasteiger partial charge in [0.2, 0.25) is 11.8 Å². The Morgan fingerprint density at radius 1 is 1.14 bits per heavy atom. The van der Waals surface area contributed by atoms with Crippen molar-refractivity contribution in [2.45, 2.75) is 25.8 Å². The van der Waals surface area contributed by atoms with Gasteiger partial charge < -0.3 is 15.4 Å². The molecular formula is C16H22N2O3. The normalized spacial score (nSPS) is 15.3. The predicted molar refractivity (Wildman–Crippen MR) is 79.5 cm³/mol. The molecule has 1 aliphatic carbocycles. The Morgan fingerprint density at radius 2 is 1.81 bits per heavy atom. The van der Waals surface area contributed by atoms with Gasteiger partial charge in [-0.05, 0) is 24.8 Å². The van der Waals surface area contributed by atoms with Gasteiger partial charge in [0.1, 0.15) is 5.41 Å². The minimum atomic E-state index is -0.845. The van der Waals surface area contributed by atoms with E-state index in [9.17, 15) is 9.59 Å². The van der Waals surface area contributed by atoms with Gasteiger partial charge in [-0.2, -0.15) is 0 Å². The molecule has 0 aliphatic heterocycles. The lowest BCUT2D eigenvalue weighted by molar-refractivity contribution is -0.137. The summed E-state index contributed by atoms with van der Waals surface area (Å²) in [5.41, 5.74) is 0.184. The molecular weight excluding hydrogens is 268 g/mol. The van der Waals surface area contributed by atoms with Crippen LogP contribution in [0.15, 0.2) is 30.3 Å². The molecule has 0 unspecified atom stereocenters. The van der Waals surface area contributed by atoms with E-state index in [1.54, 1.807) is 7.11 Å². The minimum absolute atomic E-state index is 0.163. The molecule has 0 bridgehead atoms. The van der Waals surface area contributed by atoms with Gasteiger partial charge in [0, 0.05) is 26.8 Å². The summed E-state index contributed by atoms with van der Waals surface area (Å²) in [6.07, 6.45) is 2.01. The van der Waals surface area contributed by atoms with Crippen molar-refractivity contribution in [2.24, 2.45) is 5.41 Å². The molecule has 2 amide bonds. The fourth-order valence-corrected chi connectivity index (χ4v) is 2.22. The van der Waals surface area contributed by atoms with Gasteiger partial charge in [-0.25, -0.2) is 0 Å². The van der Waals surface area contributed by atoms with Crippen molar-refractivity contribution in [1.82, 2.24) is 10.6 Å². The summed E-state index contributed by atoms with van der Waals surface area (Å²) in [7, 11) is 1.63. The van der Waals surface area contributed by atoms with Crippen LogP contribution in [0, 0.1) is 5.41 Å². The number of nitrogens with one attached hydrogen (secondary N) is 2. The monoisotopic (exact) mass is 290 g/mol. The Balaban J connectivity index is 1.79. The van der Waals surface area contributed by atoms with Crippen LogP contribution in [0.4, 0.5) is 0 Å². The lowest BCUT2D eigenvalue weighted by atomic mass is 10.0. The van der Waals surface area contributed by atoms with Crippen molar-refractivity contribution >= 4 is 11.8 Å². The Labute approximate surface area is 125 Å². The zero-order valence-electron chi connectivity index (χ0n) is 12.4. The first-order valence-electron chi connectivity index (χ1n) is 7.28. The summed E-state index contributed by atoms with van der Waals surface area (Å²) in [4.78, 5) is 24.4. The molecule has 0 aromatic heterocycles. The second-order valence-corrected chi connectivity index (χ2v) is 5.35. The van der Waals surface area contributed by atoms with Gasteiger partial charge in [-0.3, -0.25) is 9.59 Å². The molecule has 5 nitrogen and oxygen atoms in total. The Bertz CT molecular complexity index is 484. The molecule has 114 valence electrons. The third-order valence-electron chi connectivity index (χ3n) is 3.73. The highest BCUT2D eigenvalue weighted by Crippen LogP contribution is 2.46. The number of carbonyl (C=O) groups excluding carboxylic acids is 2. The fourth-order valence-electron chi connectivity index (χ4n) is 2.22. The van der Waals surface area contributed by atoms with E-state index < -0.39 is 5.41 Å². The van der Waals surface area contributed by atoms with E-state index in [1.165, 1.54) is 0 Å². The van der Waals surface area contributed by atoms with Crippen LogP contribution in [0.1, 0.15) is 24.8 Å². The van der Waals surface area contributed by atoms with Crippen LogP contribution in [0.5, 0.6) is 0 Å². The van der Waals surface area contributed by atoms with Crippen molar-refractivity contribution in [3.8, 4) is 0 Å². The van der Waals surface area contributed by atoms with Gasteiger partial charge in [-0.1, -0.05) is 30.3 Å². The summed E-state index contributed by atoms with van der Waals surface area (Å²) in [6.45, 7) is 1.60. The van der Waals surface area contributed by atoms with Gasteiger partial charge >= 0.3 is 0 Å². The number of ether oxygens (including phenoxy) is 1. The number of amides is 2. The summed E-state index contributed by atoms with van der Waals surface area (Å²) in [6, 6.07) is 9.68. The number of benzene rings is 1. The topological polar surface area (TPSA) is 67.4 Å². The molecule has 1 aliphatic rings. The highest BCUT2D eigenvalue weighted by Gasteiger charge is 2.56. The van der Waals surface area contributed by atoms with Gasteiger partial charge in [0.05, 0.1) is 0 Å². The van der Waals surface area contributed by atoms with Gasteiger partial charge in [0.25, 0.3) is 0 Å². The first-order chi connectivity index (χ1) is 10.2. The van der Waals surface area contributed by atoms with Crippen molar-refractivity contribution in [3.63, 3.8) is 0 Å². The average molecular weight is 290 g/mol. The quantitative estimate of drug-likeness (QED) is 0.559. The molecule has 1 saturated carbocycles. The number of hydrogen-bond donors (Lipinski definition) is 2. The molecule has 2 rings (SSSR count). The number of methoxy groups -OCH3 is 1. The number of carbonyl (C=O) groups is 2. The fraction of sp³-hybridized carbons (Fsp3) is 0.500. The molecule has 0 spiro atoms. The van der Waals surface area contributed by atoms with E-state index in [-0.39, 0.29) is 11.8 Å². The summed E-state index contributed by atoms with van der Waals surface area (Å²) >= 11 is 0. The zero-order valence-corrected chi connectivity index (χ0v) is 12.4. The standard InChI is InChI=1S/C16H22N2O3/c1-21-11-5-10-17-14(19)16(8-9-16)15(20)18-12-13-6-3-2-4-7-13/h2-4,6-7H,5,8-12H2,1H3,(H,17,19)(H,18,20). The molecule has 5 heteroatoms. The third kappa shape index (κ3) is 4.04. The zero-order chi connectivity index (χ0) is 15.1. The highest BCUT2D eigenvalue weighted by atomic mass is 16.5. The van der Waals surface area contributed by atoms with Crippen molar-refractivity contribution in [3.05, 3.63) is 35.9 Å². The maximum absolute atomic E-state index is 12.2. The van der Waals surface area contributed by atoms with Crippen LogP contribution < -0.4 is 10.6 Å². The summed E-state index contributed by atoms with van der Waals surface area (Å²) in [5.74, 6) is -0.334. The van der Waals surface area contributed by atoms with Crippen molar-refractivity contribution in [2.75, 3.05) is 20.3 Å². The van der Waals surface area contributed by atoms with E-state index in [0.717, 1.165) is 12.0 Å². The van der Waals surface area contributed by atoms with Crippen molar-refractivity contribution < 1.29 is 14.3 Å². The molecule has 1 aromatic carbocycles. The molecule has 0 atom stereocenters. The molecule has 0 saturated heterocycles. The lowest BCUT2D eigenvalue weighted by Crippen LogP contribution is -2.43. The van der Waals surface area contributed by atoms with E-state index in [4.69, 9.17) is 4.74 Å². The van der Waals surface area contributed by atoms with Crippen LogP contribution in [0.3, 0.4) is 0 Å². The average Bonchev–Trinajstić information content (AvgIpc) is 3.32. The second-order valence-electron chi connectivity index (χ2n) is 5.35. The Morgan fingerprint density at radius 3 is 2.43 bits per heavy atom. The first-order valence-corrected chi connectivity index (χ1v) is 7.28. The molecule has 0 radical (unpaired) electrons. The highest BCUT2D eigenvalue weighted by molar-refractivity contribution is 6.07. The van der Waals surface area contributed by atoms with Gasteiger partial charge in [0.15, 0.2) is 0 Å². The molecule has 2 N–H and O–H groups in total. The Kier molecular flexibility index (Phi) is 5.33. The number of rotatable bonds is 8. The molecule has 21 heavy (non-hydrogen) atoms. The van der Waals surface area contributed by atoms with Crippen LogP contribution >= 0.6 is 0 Å². The molecule has 1 aromatic rings. The lowest BCUT2D eigenvalue weighted by Gasteiger charge is -2.15. The SMILES string of the molecule is COCCCNC(=O)C1(C(=O)NCc2ccccc2)CC1. The number of hydrogen-bond acceptors (Lipinski definition) is 3. The smallest absolute Gasteiger partial charge is 0.235 e. The van der Waals surface area contributed by atoms with E-state index in [1.807, 2.05) is 30.3 Å².